The summed E-state index contributed by atoms with van der Waals surface area (Å²) in [5.74, 6) is -1.51. The molecule has 1 heterocycles. The van der Waals surface area contributed by atoms with Crippen molar-refractivity contribution in [3.63, 3.8) is 0 Å². The quantitative estimate of drug-likeness (QED) is 0.660. The molecule has 3 nitrogen and oxygen atoms in total. The Hall–Kier alpha value is -1.11. The van der Waals surface area contributed by atoms with Crippen molar-refractivity contribution in [3.8, 4) is 0 Å². The SMILES string of the molecule is Cl.Cl.Nc1c(F)cc(Cn2cc[nH]c2=S)cc1F. The molecule has 0 fully saturated rings. The van der Waals surface area contributed by atoms with Gasteiger partial charge in [-0.1, -0.05) is 0 Å². The summed E-state index contributed by atoms with van der Waals surface area (Å²) in [5.41, 5.74) is 5.19. The van der Waals surface area contributed by atoms with E-state index in [-0.39, 0.29) is 24.8 Å². The van der Waals surface area contributed by atoms with E-state index in [1.54, 1.807) is 17.0 Å². The van der Waals surface area contributed by atoms with Gasteiger partial charge in [-0.25, -0.2) is 8.78 Å². The molecule has 100 valence electrons. The monoisotopic (exact) mass is 313 g/mol. The number of benzene rings is 1. The van der Waals surface area contributed by atoms with Crippen molar-refractivity contribution in [2.75, 3.05) is 5.73 Å². The van der Waals surface area contributed by atoms with Crippen LogP contribution in [0.2, 0.25) is 0 Å². The van der Waals surface area contributed by atoms with Crippen LogP contribution in [0.4, 0.5) is 14.5 Å². The number of nitrogens with zero attached hydrogens (tertiary/aromatic N) is 1. The molecule has 2 rings (SSSR count). The lowest BCUT2D eigenvalue weighted by Crippen LogP contribution is -2.02. The van der Waals surface area contributed by atoms with Crippen LogP contribution in [-0.2, 0) is 6.54 Å². The fourth-order valence-corrected chi connectivity index (χ4v) is 1.59. The Morgan fingerprint density at radius 2 is 1.78 bits per heavy atom. The Balaban J connectivity index is 0.00000144. The summed E-state index contributed by atoms with van der Waals surface area (Å²) in [6, 6.07) is 2.40. The van der Waals surface area contributed by atoms with Gasteiger partial charge in [0, 0.05) is 18.9 Å². The fraction of sp³-hybridized carbons (Fsp3) is 0.100. The number of aromatic nitrogens is 2. The molecule has 0 atom stereocenters. The number of hydrogen-bond donors (Lipinski definition) is 2. The fourth-order valence-electron chi connectivity index (χ4n) is 1.40. The molecule has 0 aliphatic rings. The highest BCUT2D eigenvalue weighted by molar-refractivity contribution is 7.71. The third-order valence-electron chi connectivity index (χ3n) is 2.21. The molecule has 1 aromatic heterocycles. The van der Waals surface area contributed by atoms with Gasteiger partial charge in [-0.15, -0.1) is 24.8 Å². The molecular weight excluding hydrogens is 303 g/mol. The maximum atomic E-state index is 13.2. The van der Waals surface area contributed by atoms with Crippen LogP contribution in [0.5, 0.6) is 0 Å². The number of anilines is 1. The van der Waals surface area contributed by atoms with E-state index in [4.69, 9.17) is 18.0 Å². The van der Waals surface area contributed by atoms with Crippen molar-refractivity contribution in [1.82, 2.24) is 9.55 Å². The van der Waals surface area contributed by atoms with E-state index in [9.17, 15) is 8.78 Å². The number of hydrogen-bond acceptors (Lipinski definition) is 2. The van der Waals surface area contributed by atoms with Gasteiger partial charge in [0.2, 0.25) is 0 Å². The van der Waals surface area contributed by atoms with Crippen LogP contribution < -0.4 is 5.73 Å². The Morgan fingerprint density at radius 1 is 1.22 bits per heavy atom. The number of imidazole rings is 1. The van der Waals surface area contributed by atoms with Crippen molar-refractivity contribution in [2.24, 2.45) is 0 Å². The molecule has 0 radical (unpaired) electrons. The van der Waals surface area contributed by atoms with Crippen LogP contribution in [0.15, 0.2) is 24.5 Å². The highest BCUT2D eigenvalue weighted by atomic mass is 35.5. The summed E-state index contributed by atoms with van der Waals surface area (Å²) in [5, 5.41) is 0. The van der Waals surface area contributed by atoms with E-state index in [1.165, 1.54) is 12.1 Å². The van der Waals surface area contributed by atoms with Crippen LogP contribution in [0.1, 0.15) is 5.56 Å². The number of nitrogens with one attached hydrogen (secondary N) is 1. The maximum absolute atomic E-state index is 13.2. The molecule has 0 saturated carbocycles. The number of rotatable bonds is 2. The van der Waals surface area contributed by atoms with Crippen LogP contribution >= 0.6 is 37.0 Å². The normalized spacial score (nSPS) is 9.44. The lowest BCUT2D eigenvalue weighted by molar-refractivity contribution is 0.585. The molecule has 0 aliphatic carbocycles. The van der Waals surface area contributed by atoms with Crippen molar-refractivity contribution in [3.05, 3.63) is 46.5 Å². The van der Waals surface area contributed by atoms with Crippen LogP contribution in [0, 0.1) is 16.4 Å². The van der Waals surface area contributed by atoms with Gasteiger partial charge in [-0.3, -0.25) is 0 Å². The van der Waals surface area contributed by atoms with Gasteiger partial charge < -0.3 is 15.3 Å². The maximum Gasteiger partial charge on any atom is 0.177 e. The summed E-state index contributed by atoms with van der Waals surface area (Å²) in [6.45, 7) is 0.302. The first-order valence-corrected chi connectivity index (χ1v) is 4.96. The molecule has 0 aliphatic heterocycles. The molecule has 0 saturated heterocycles. The zero-order valence-electron chi connectivity index (χ0n) is 9.02. The molecule has 18 heavy (non-hydrogen) atoms. The Kier molecular flexibility index (Phi) is 6.31. The van der Waals surface area contributed by atoms with Crippen molar-refractivity contribution >= 4 is 42.7 Å². The largest absolute Gasteiger partial charge is 0.394 e. The highest BCUT2D eigenvalue weighted by Gasteiger charge is 2.08. The summed E-state index contributed by atoms with van der Waals surface area (Å²) < 4.78 is 28.5. The number of H-pyrrole nitrogens is 1. The van der Waals surface area contributed by atoms with Gasteiger partial charge in [0.25, 0.3) is 0 Å². The second-order valence-electron chi connectivity index (χ2n) is 3.37. The predicted octanol–water partition coefficient (Wildman–Crippen LogP) is 3.30. The van der Waals surface area contributed by atoms with E-state index in [0.717, 1.165) is 0 Å². The molecule has 3 N–H and O–H groups in total. The molecule has 0 unspecified atom stereocenters. The topological polar surface area (TPSA) is 46.7 Å². The van der Waals surface area contributed by atoms with Crippen molar-refractivity contribution in [2.45, 2.75) is 6.54 Å². The second-order valence-corrected chi connectivity index (χ2v) is 3.75. The first-order valence-electron chi connectivity index (χ1n) is 4.55. The van der Waals surface area contributed by atoms with E-state index in [2.05, 4.69) is 4.98 Å². The molecule has 0 amide bonds. The predicted molar refractivity (Wildman–Crippen MR) is 74.0 cm³/mol. The first-order chi connectivity index (χ1) is 7.58. The highest BCUT2D eigenvalue weighted by Crippen LogP contribution is 2.17. The molecule has 8 heteroatoms. The van der Waals surface area contributed by atoms with Gasteiger partial charge >= 0.3 is 0 Å². The van der Waals surface area contributed by atoms with Crippen molar-refractivity contribution < 1.29 is 8.78 Å². The third-order valence-corrected chi connectivity index (χ3v) is 2.57. The zero-order chi connectivity index (χ0) is 11.7. The summed E-state index contributed by atoms with van der Waals surface area (Å²) in [7, 11) is 0. The van der Waals surface area contributed by atoms with E-state index < -0.39 is 17.3 Å². The zero-order valence-corrected chi connectivity index (χ0v) is 11.5. The standard InChI is InChI=1S/C10H9F2N3S.2ClH/c11-7-3-6(4-8(12)9(7)13)5-15-2-1-14-10(15)16;;/h1-4H,5,13H2,(H,14,16);2*1H. The van der Waals surface area contributed by atoms with Crippen molar-refractivity contribution in [1.29, 1.82) is 0 Å². The van der Waals surface area contributed by atoms with Gasteiger partial charge in [0.15, 0.2) is 4.77 Å². The minimum absolute atomic E-state index is 0. The number of halogens is 4. The van der Waals surface area contributed by atoms with Gasteiger partial charge in [-0.2, -0.15) is 0 Å². The van der Waals surface area contributed by atoms with Gasteiger partial charge in [0.05, 0.1) is 0 Å². The van der Waals surface area contributed by atoms with E-state index in [1.807, 2.05) is 0 Å². The minimum Gasteiger partial charge on any atom is -0.394 e. The summed E-state index contributed by atoms with van der Waals surface area (Å²) in [6.07, 6.45) is 3.36. The Bertz CT molecular complexity index is 559. The van der Waals surface area contributed by atoms with Crippen LogP contribution in [0.25, 0.3) is 0 Å². The third kappa shape index (κ3) is 3.44. The van der Waals surface area contributed by atoms with E-state index >= 15 is 0 Å². The number of nitrogens with two attached hydrogens (primary N) is 1. The minimum atomic E-state index is -0.753. The Labute approximate surface area is 120 Å². The number of nitrogen functional groups attached to an aromatic ring is 1. The van der Waals surface area contributed by atoms with Crippen LogP contribution in [-0.4, -0.2) is 9.55 Å². The first kappa shape index (κ1) is 16.9. The van der Waals surface area contributed by atoms with Gasteiger partial charge in [0.1, 0.15) is 17.3 Å². The van der Waals surface area contributed by atoms with Crippen LogP contribution in [0.3, 0.4) is 0 Å². The van der Waals surface area contributed by atoms with Gasteiger partial charge in [-0.05, 0) is 29.9 Å². The second kappa shape index (κ2) is 6.72. The summed E-state index contributed by atoms with van der Waals surface area (Å²) in [4.78, 5) is 2.80. The average molecular weight is 314 g/mol. The lowest BCUT2D eigenvalue weighted by Gasteiger charge is -2.05. The number of aromatic amines is 1. The molecule has 0 spiro atoms. The Morgan fingerprint density at radius 3 is 2.22 bits per heavy atom. The average Bonchev–Trinajstić information content (AvgIpc) is 2.61. The lowest BCUT2D eigenvalue weighted by atomic mass is 10.2. The molecular formula is C10H11Cl2F2N3S. The molecule has 2 aromatic rings. The molecule has 0 bridgehead atoms. The summed E-state index contributed by atoms with van der Waals surface area (Å²) >= 11 is 4.97. The molecule has 1 aromatic carbocycles. The smallest absolute Gasteiger partial charge is 0.177 e. The van der Waals surface area contributed by atoms with E-state index in [0.29, 0.717) is 16.9 Å².